The van der Waals surface area contributed by atoms with Crippen molar-refractivity contribution in [1.82, 2.24) is 0 Å². The van der Waals surface area contributed by atoms with Crippen LogP contribution in [0.2, 0.25) is 0 Å². The molecule has 13 heavy (non-hydrogen) atoms. The van der Waals surface area contributed by atoms with E-state index in [4.69, 9.17) is 5.41 Å². The van der Waals surface area contributed by atoms with Crippen LogP contribution in [0.5, 0.6) is 0 Å². The monoisotopic (exact) mass is 180 g/mol. The molecule has 1 atom stereocenters. The summed E-state index contributed by atoms with van der Waals surface area (Å²) in [7, 11) is 0. The normalized spacial score (nSPS) is 24.0. The maximum absolute atomic E-state index is 9.68. The summed E-state index contributed by atoms with van der Waals surface area (Å²) in [5, 5.41) is 17.2. The van der Waals surface area contributed by atoms with Crippen molar-refractivity contribution in [3.8, 4) is 0 Å². The van der Waals surface area contributed by atoms with Gasteiger partial charge in [-0.3, -0.25) is 4.99 Å². The Morgan fingerprint density at radius 2 is 2.31 bits per heavy atom. The number of nitrogens with zero attached hydrogens (tertiary/aromatic N) is 1. The van der Waals surface area contributed by atoms with Gasteiger partial charge in [-0.1, -0.05) is 6.42 Å². The summed E-state index contributed by atoms with van der Waals surface area (Å²) < 4.78 is 0. The predicted molar refractivity (Wildman–Crippen MR) is 54.5 cm³/mol. The lowest BCUT2D eigenvalue weighted by atomic mass is 10.0. The molecule has 3 nitrogen and oxygen atoms in total. The van der Waals surface area contributed by atoms with E-state index in [9.17, 15) is 5.11 Å². The summed E-state index contributed by atoms with van der Waals surface area (Å²) in [6, 6.07) is 0. The highest BCUT2D eigenvalue weighted by Gasteiger charge is 2.19. The number of aliphatic imine (C=N–C) groups is 1. The second-order valence-corrected chi connectivity index (χ2v) is 3.41. The molecule has 0 radical (unpaired) electrons. The lowest BCUT2D eigenvalue weighted by Crippen LogP contribution is -2.11. The van der Waals surface area contributed by atoms with Gasteiger partial charge in [-0.25, -0.2) is 0 Å². The molecule has 0 aliphatic heterocycles. The highest BCUT2D eigenvalue weighted by molar-refractivity contribution is 5.96. The summed E-state index contributed by atoms with van der Waals surface area (Å²) in [4.78, 5) is 3.83. The van der Waals surface area contributed by atoms with Crippen molar-refractivity contribution in [1.29, 1.82) is 5.41 Å². The average Bonchev–Trinajstić information content (AvgIpc) is 2.26. The van der Waals surface area contributed by atoms with E-state index in [1.807, 2.05) is 0 Å². The Morgan fingerprint density at radius 1 is 1.62 bits per heavy atom. The number of hydrogen-bond acceptors (Lipinski definition) is 3. The fourth-order valence-electron chi connectivity index (χ4n) is 1.69. The van der Waals surface area contributed by atoms with E-state index in [2.05, 4.69) is 11.7 Å². The molecule has 0 aromatic heterocycles. The number of hydrogen-bond donors (Lipinski definition) is 2. The van der Waals surface area contributed by atoms with Crippen LogP contribution < -0.4 is 0 Å². The van der Waals surface area contributed by atoms with Crippen LogP contribution in [0.1, 0.15) is 32.6 Å². The summed E-state index contributed by atoms with van der Waals surface area (Å²) in [5.41, 5.74) is 1.99. The fraction of sp³-hybridized carbons (Fsp3) is 0.600. The largest absolute Gasteiger partial charge is 0.387 e. The molecule has 72 valence electrons. The Labute approximate surface area is 78.7 Å². The third-order valence-corrected chi connectivity index (χ3v) is 2.40. The Hall–Kier alpha value is -0.960. The minimum absolute atomic E-state index is 0.503. The number of aliphatic hydroxyl groups excluding tert-OH is 1. The first kappa shape index (κ1) is 10.1. The van der Waals surface area contributed by atoms with Gasteiger partial charge in [-0.05, 0) is 38.5 Å². The van der Waals surface area contributed by atoms with Crippen LogP contribution in [0, 0.1) is 5.41 Å². The molecule has 0 saturated carbocycles. The number of aliphatic hydroxyl groups is 1. The third kappa shape index (κ3) is 2.25. The maximum atomic E-state index is 9.68. The van der Waals surface area contributed by atoms with Crippen molar-refractivity contribution in [3.63, 3.8) is 0 Å². The summed E-state index contributed by atoms with van der Waals surface area (Å²) in [6.45, 7) is 5.18. The molecule has 0 amide bonds. The standard InChI is InChI=1S/C10H16N2O/c1-7(11)8-5-3-4-6-9(13)10(8)12-2/h9,11,13H,2-6H2,1H3. The van der Waals surface area contributed by atoms with E-state index in [0.717, 1.165) is 31.3 Å². The lowest BCUT2D eigenvalue weighted by Gasteiger charge is -2.11. The number of nitrogens with one attached hydrogen (secondary N) is 1. The van der Waals surface area contributed by atoms with Gasteiger partial charge in [0.25, 0.3) is 0 Å². The van der Waals surface area contributed by atoms with Gasteiger partial charge in [0.2, 0.25) is 0 Å². The quantitative estimate of drug-likeness (QED) is 0.627. The van der Waals surface area contributed by atoms with Gasteiger partial charge in [-0.15, -0.1) is 0 Å². The van der Waals surface area contributed by atoms with Crippen LogP contribution >= 0.6 is 0 Å². The van der Waals surface area contributed by atoms with Gasteiger partial charge in [0.1, 0.15) is 0 Å². The molecule has 0 aromatic rings. The zero-order valence-corrected chi connectivity index (χ0v) is 8.01. The Balaban J connectivity index is 3.02. The lowest BCUT2D eigenvalue weighted by molar-refractivity contribution is 0.198. The summed E-state index contributed by atoms with van der Waals surface area (Å²) >= 11 is 0. The van der Waals surface area contributed by atoms with Crippen LogP contribution in [0.25, 0.3) is 0 Å². The third-order valence-electron chi connectivity index (χ3n) is 2.40. The fourth-order valence-corrected chi connectivity index (χ4v) is 1.69. The Kier molecular flexibility index (Phi) is 3.37. The van der Waals surface area contributed by atoms with E-state index >= 15 is 0 Å². The van der Waals surface area contributed by atoms with Crippen molar-refractivity contribution in [2.45, 2.75) is 38.7 Å². The van der Waals surface area contributed by atoms with E-state index < -0.39 is 6.10 Å². The van der Waals surface area contributed by atoms with Crippen LogP contribution in [-0.2, 0) is 0 Å². The topological polar surface area (TPSA) is 56.4 Å². The van der Waals surface area contributed by atoms with Gasteiger partial charge in [0.05, 0.1) is 11.8 Å². The van der Waals surface area contributed by atoms with Crippen LogP contribution in [0.15, 0.2) is 16.3 Å². The molecule has 1 aliphatic rings. The minimum Gasteiger partial charge on any atom is -0.387 e. The first-order valence-corrected chi connectivity index (χ1v) is 4.60. The van der Waals surface area contributed by atoms with Gasteiger partial charge in [0.15, 0.2) is 0 Å². The Morgan fingerprint density at radius 3 is 2.85 bits per heavy atom. The maximum Gasteiger partial charge on any atom is 0.0963 e. The highest BCUT2D eigenvalue weighted by Crippen LogP contribution is 2.25. The van der Waals surface area contributed by atoms with E-state index in [1.165, 1.54) is 0 Å². The van der Waals surface area contributed by atoms with Crippen molar-refractivity contribution < 1.29 is 5.11 Å². The molecule has 0 fully saturated rings. The molecule has 0 aromatic carbocycles. The van der Waals surface area contributed by atoms with Crippen LogP contribution in [0.3, 0.4) is 0 Å². The SMILES string of the molecule is C=NC1=C(C(C)=N)CCCCC1O. The summed E-state index contributed by atoms with van der Waals surface area (Å²) in [5.74, 6) is 0. The number of rotatable bonds is 2. The average molecular weight is 180 g/mol. The molecule has 2 N–H and O–H groups in total. The zero-order valence-electron chi connectivity index (χ0n) is 8.01. The molecule has 0 bridgehead atoms. The molecular weight excluding hydrogens is 164 g/mol. The van der Waals surface area contributed by atoms with Gasteiger partial charge in [-0.2, -0.15) is 0 Å². The van der Waals surface area contributed by atoms with Gasteiger partial charge >= 0.3 is 0 Å². The molecule has 1 rings (SSSR count). The second-order valence-electron chi connectivity index (χ2n) is 3.41. The summed E-state index contributed by atoms with van der Waals surface area (Å²) in [6.07, 6.45) is 3.10. The van der Waals surface area contributed by atoms with E-state index in [0.29, 0.717) is 11.4 Å². The first-order chi connectivity index (χ1) is 6.16. The Bertz CT molecular complexity index is 256. The van der Waals surface area contributed by atoms with E-state index in [1.54, 1.807) is 6.92 Å². The minimum atomic E-state index is -0.518. The van der Waals surface area contributed by atoms with Crippen LogP contribution in [-0.4, -0.2) is 23.6 Å². The molecule has 1 unspecified atom stereocenters. The molecule has 0 spiro atoms. The zero-order chi connectivity index (χ0) is 9.84. The van der Waals surface area contributed by atoms with Gasteiger partial charge < -0.3 is 10.5 Å². The molecule has 0 heterocycles. The van der Waals surface area contributed by atoms with Crippen molar-refractivity contribution in [2.75, 3.05) is 0 Å². The van der Waals surface area contributed by atoms with Crippen LogP contribution in [0.4, 0.5) is 0 Å². The van der Waals surface area contributed by atoms with E-state index in [-0.39, 0.29) is 0 Å². The first-order valence-electron chi connectivity index (χ1n) is 4.60. The molecule has 0 saturated heterocycles. The second kappa shape index (κ2) is 4.33. The predicted octanol–water partition coefficient (Wildman–Crippen LogP) is 1.92. The van der Waals surface area contributed by atoms with Crippen molar-refractivity contribution in [2.24, 2.45) is 4.99 Å². The highest BCUT2D eigenvalue weighted by atomic mass is 16.3. The molecule has 3 heteroatoms. The molecular formula is C10H16N2O. The number of allylic oxidation sites excluding steroid dienone is 1. The smallest absolute Gasteiger partial charge is 0.0963 e. The van der Waals surface area contributed by atoms with Crippen molar-refractivity contribution in [3.05, 3.63) is 11.3 Å². The van der Waals surface area contributed by atoms with Gasteiger partial charge in [0, 0.05) is 5.71 Å². The van der Waals surface area contributed by atoms with Crippen molar-refractivity contribution >= 4 is 12.4 Å². The molecule has 1 aliphatic carbocycles.